The number of halogens is 2. The molecule has 401 valence electrons. The SMILES string of the molecule is Clc1nc(-c2ccccc2)nc(-c2ccccc2)n1.[2H]CF.[B].[H-].[Na+].c1ccc(-c2ccc3c(c2)c2cc(-c4ccc5c(c4)c4cc(-c6ccccc6)ccc4n5-c4nc(-c5ccccc5)nc(-c5ccccc5)n4)ccc2n3-c2ccccc2)cc1. The molecule has 11 aromatic carbocycles. The van der Waals surface area contributed by atoms with E-state index in [0.29, 0.717) is 29.2 Å². The molecule has 15 aromatic rings. The van der Waals surface area contributed by atoms with Crippen molar-refractivity contribution in [3.63, 3.8) is 0 Å². The van der Waals surface area contributed by atoms with E-state index in [1.54, 1.807) is 0 Å². The zero-order valence-electron chi connectivity index (χ0n) is 48.3. The smallest absolute Gasteiger partial charge is 1.00 e. The van der Waals surface area contributed by atoms with Gasteiger partial charge in [0.25, 0.3) is 0 Å². The molecule has 12 heteroatoms. The van der Waals surface area contributed by atoms with Gasteiger partial charge in [-0.15, -0.1) is 0 Å². The summed E-state index contributed by atoms with van der Waals surface area (Å²) in [6.45, 7) is 0. The van der Waals surface area contributed by atoms with Crippen LogP contribution in [0, 0.1) is 0 Å². The van der Waals surface area contributed by atoms with Gasteiger partial charge in [0.1, 0.15) is 0 Å². The fourth-order valence-electron chi connectivity index (χ4n) is 10.8. The topological polar surface area (TPSA) is 87.2 Å². The van der Waals surface area contributed by atoms with Crippen molar-refractivity contribution in [2.75, 3.05) is 7.15 Å². The van der Waals surface area contributed by atoms with Crippen LogP contribution in [0.4, 0.5) is 4.39 Å². The molecule has 0 bridgehead atoms. The summed E-state index contributed by atoms with van der Waals surface area (Å²) >= 11 is 5.99. The van der Waals surface area contributed by atoms with Crippen LogP contribution in [0.25, 0.3) is 134 Å². The van der Waals surface area contributed by atoms with Crippen molar-refractivity contribution in [3.8, 4) is 90.6 Å². The Morgan fingerprint density at radius 3 is 0.871 bits per heavy atom. The Kier molecular flexibility index (Phi) is 17.0. The van der Waals surface area contributed by atoms with Gasteiger partial charge < -0.3 is 5.99 Å². The number of aromatic nitrogens is 8. The second kappa shape index (κ2) is 25.9. The molecule has 3 radical (unpaired) electrons. The summed E-state index contributed by atoms with van der Waals surface area (Å²) in [5.74, 6) is 2.99. The van der Waals surface area contributed by atoms with Crippen molar-refractivity contribution in [2.45, 2.75) is 0 Å². The van der Waals surface area contributed by atoms with Crippen molar-refractivity contribution in [1.29, 1.82) is 0 Å². The molecule has 0 spiro atoms. The molecule has 0 atom stereocenters. The average Bonchev–Trinajstić information content (AvgIpc) is 2.30. The van der Waals surface area contributed by atoms with Gasteiger partial charge >= 0.3 is 29.6 Å². The maximum atomic E-state index is 9.96. The molecule has 0 aliphatic heterocycles. The van der Waals surface area contributed by atoms with E-state index < -0.39 is 7.15 Å². The van der Waals surface area contributed by atoms with Crippen LogP contribution in [0.5, 0.6) is 0 Å². The van der Waals surface area contributed by atoms with E-state index in [-0.39, 0.29) is 44.7 Å². The van der Waals surface area contributed by atoms with Crippen LogP contribution < -0.4 is 29.6 Å². The Morgan fingerprint density at radius 2 is 0.565 bits per heavy atom. The van der Waals surface area contributed by atoms with Crippen molar-refractivity contribution >= 4 is 63.6 Å². The third-order valence-corrected chi connectivity index (χ3v) is 14.8. The Morgan fingerprint density at radius 1 is 0.318 bits per heavy atom. The first-order chi connectivity index (χ1) is 41.5. The zero-order valence-corrected chi connectivity index (χ0v) is 49.0. The molecule has 0 fully saturated rings. The van der Waals surface area contributed by atoms with Crippen LogP contribution in [0.1, 0.15) is 2.80 Å². The third-order valence-electron chi connectivity index (χ3n) is 14.7. The van der Waals surface area contributed by atoms with Crippen LogP contribution in [0.3, 0.4) is 0 Å². The molecule has 0 saturated heterocycles. The number of alkyl halides is 1. The molecule has 15 rings (SSSR count). The normalized spacial score (nSPS) is 11.0. The summed E-state index contributed by atoms with van der Waals surface area (Å²) in [7, 11) is -1.00. The van der Waals surface area contributed by atoms with Gasteiger partial charge in [-0.2, -0.15) is 19.9 Å². The van der Waals surface area contributed by atoms with Gasteiger partial charge in [-0.05, 0) is 106 Å². The van der Waals surface area contributed by atoms with Gasteiger partial charge in [0.05, 0.1) is 30.6 Å². The van der Waals surface area contributed by atoms with Crippen LogP contribution in [-0.4, -0.2) is 54.6 Å². The zero-order chi connectivity index (χ0) is 56.8. The van der Waals surface area contributed by atoms with E-state index in [4.69, 9.17) is 27.9 Å². The first kappa shape index (κ1) is 55.8. The quantitative estimate of drug-likeness (QED) is 0.134. The van der Waals surface area contributed by atoms with E-state index in [1.165, 1.54) is 38.5 Å². The number of para-hydroxylation sites is 1. The van der Waals surface area contributed by atoms with E-state index in [2.05, 4.69) is 212 Å². The second-order valence-corrected chi connectivity index (χ2v) is 20.0. The number of hydrogen-bond donors (Lipinski definition) is 0. The molecule has 0 saturated carbocycles. The first-order valence-corrected chi connectivity index (χ1v) is 27.4. The molecule has 0 aliphatic rings. The monoisotopic (exact) mass is 1130 g/mol. The fraction of sp³-hybridized carbons (Fsp3) is 0.0137. The molecule has 85 heavy (non-hydrogen) atoms. The summed E-state index contributed by atoms with van der Waals surface area (Å²) in [6.07, 6.45) is 0. The molecule has 4 heterocycles. The second-order valence-electron chi connectivity index (χ2n) is 19.7. The largest absolute Gasteiger partial charge is 1.00 e. The first-order valence-electron chi connectivity index (χ1n) is 27.8. The number of fused-ring (bicyclic) bond motifs is 6. The summed E-state index contributed by atoms with van der Waals surface area (Å²) < 4.78 is 20.1. The summed E-state index contributed by atoms with van der Waals surface area (Å²) in [5.41, 5.74) is 16.2. The minimum atomic E-state index is -1.00. The van der Waals surface area contributed by atoms with Crippen molar-refractivity contribution < 1.29 is 36.7 Å². The Labute approximate surface area is 523 Å². The van der Waals surface area contributed by atoms with Crippen LogP contribution in [0.2, 0.25) is 5.28 Å². The molecule has 0 unspecified atom stereocenters. The molecular formula is C73H51BClFN8Na. The van der Waals surface area contributed by atoms with Gasteiger partial charge in [0.15, 0.2) is 23.3 Å². The van der Waals surface area contributed by atoms with Crippen LogP contribution in [-0.2, 0) is 0 Å². The summed E-state index contributed by atoms with van der Waals surface area (Å²) in [6, 6.07) is 98.9. The van der Waals surface area contributed by atoms with Gasteiger partial charge in [-0.1, -0.05) is 224 Å². The predicted molar refractivity (Wildman–Crippen MR) is 345 cm³/mol. The number of nitrogens with zero attached hydrogens (tertiary/aromatic N) is 8. The standard InChI is InChI=1S/C57H37N5.C15H10ClN3.CH3F.B.Na.H/c1-6-16-38(17-7-1)42-26-30-51-47(34-42)48-36-44(28-31-52(48)61(51)46-24-14-5-15-25-46)45-29-33-54-50(37-45)49-35-43(39-18-8-2-9-19-39)27-32-53(49)62(54)57-59-55(40-20-10-3-11-21-40)58-56(60-57)41-22-12-4-13-23-41;16-15-18-13(11-7-3-1-4-8-11)17-14(19-15)12-9-5-2-6-10-12;1-2;;;/h1-37H;1-10H;1H3;;;/q;;;;+1;-1/i;;1D;;;. The Hall–Kier alpha value is -9.68. The van der Waals surface area contributed by atoms with Crippen molar-refractivity contribution in [3.05, 3.63) is 290 Å². The minimum absolute atomic E-state index is 0. The van der Waals surface area contributed by atoms with Gasteiger partial charge in [0.2, 0.25) is 11.2 Å². The van der Waals surface area contributed by atoms with Crippen LogP contribution >= 0.6 is 11.6 Å². The maximum Gasteiger partial charge on any atom is 1.00 e. The van der Waals surface area contributed by atoms with E-state index in [9.17, 15) is 4.39 Å². The van der Waals surface area contributed by atoms with Gasteiger partial charge in [-0.3, -0.25) is 8.96 Å². The molecular weight excluding hydrogens is 1080 g/mol. The van der Waals surface area contributed by atoms with Crippen molar-refractivity contribution in [2.24, 2.45) is 0 Å². The number of benzene rings is 11. The van der Waals surface area contributed by atoms with Crippen molar-refractivity contribution in [1.82, 2.24) is 39.0 Å². The third kappa shape index (κ3) is 11.7. The molecule has 4 aromatic heterocycles. The van der Waals surface area contributed by atoms with Gasteiger partial charge in [0, 0.05) is 57.9 Å². The van der Waals surface area contributed by atoms with Gasteiger partial charge in [-0.25, -0.2) is 9.97 Å². The summed E-state index contributed by atoms with van der Waals surface area (Å²) in [4.78, 5) is 28.2. The van der Waals surface area contributed by atoms with E-state index >= 15 is 0 Å². The fourth-order valence-corrected chi connectivity index (χ4v) is 10.9. The number of rotatable bonds is 9. The molecule has 0 aliphatic carbocycles. The van der Waals surface area contributed by atoms with E-state index in [0.717, 1.165) is 66.4 Å². The summed E-state index contributed by atoms with van der Waals surface area (Å²) in [5, 5.41) is 4.88. The van der Waals surface area contributed by atoms with Crippen LogP contribution in [0.15, 0.2) is 285 Å². The van der Waals surface area contributed by atoms with E-state index in [1.807, 2.05) is 97.1 Å². The Balaban J connectivity index is 0.000000284. The predicted octanol–water partition coefficient (Wildman–Crippen LogP) is 15.6. The molecule has 0 N–H and O–H groups in total. The molecule has 0 amide bonds. The number of hydrogen-bond acceptors (Lipinski definition) is 6. The molecule has 8 nitrogen and oxygen atoms in total. The average molecular weight is 1130 g/mol. The Bertz CT molecular complexity index is 4670. The minimum Gasteiger partial charge on any atom is -1.00 e. The maximum absolute atomic E-state index is 9.96.